The topological polar surface area (TPSA) is 0 Å². The maximum Gasteiger partial charge on any atom is 0 e. The van der Waals surface area contributed by atoms with Crippen molar-refractivity contribution in [3.05, 3.63) is 0 Å². The van der Waals surface area contributed by atoms with E-state index in [1.165, 1.54) is 21.2 Å². The van der Waals surface area contributed by atoms with E-state index in [0.29, 0.717) is 0 Å². The lowest BCUT2D eigenvalue weighted by molar-refractivity contribution is 3.73. The molecule has 0 saturated carbocycles. The molecule has 8 heavy (non-hydrogen) atoms. The molecule has 0 bridgehead atoms. The van der Waals surface area contributed by atoms with E-state index in [2.05, 4.69) is 0 Å². The maximum atomic E-state index is 5.13. The molecule has 0 atom stereocenters. The molecule has 0 aromatic rings. The Morgan fingerprint density at radius 3 is 1.62 bits per heavy atom. The first-order chi connectivity index (χ1) is 3.85. The predicted octanol–water partition coefficient (Wildman–Crippen LogP) is -3.05. The third-order valence-electron chi connectivity index (χ3n) is 0.778. The summed E-state index contributed by atoms with van der Waals surface area (Å²) in [6, 6.07) is 0. The highest BCUT2D eigenvalue weighted by Crippen LogP contribution is 1.65. The summed E-state index contributed by atoms with van der Waals surface area (Å²) in [5, 5.41) is 0. The van der Waals surface area contributed by atoms with E-state index in [9.17, 15) is 0 Å². The number of hydrogen-bond acceptors (Lipinski definition) is 0. The average Bonchev–Trinajstić information content (AvgIpc) is 1.83. The lowest BCUT2D eigenvalue weighted by atomic mass is 8.78. The first-order valence-electron chi connectivity index (χ1n) is 2.33. The summed E-state index contributed by atoms with van der Waals surface area (Å²) in [4.78, 5) is 0. The molecule has 0 rings (SSSR count). The van der Waals surface area contributed by atoms with Crippen LogP contribution < -0.4 is 0 Å². The lowest BCUT2D eigenvalue weighted by Crippen LogP contribution is -2.41. The Morgan fingerprint density at radius 2 is 1.50 bits per heavy atom. The van der Waals surface area contributed by atoms with Crippen molar-refractivity contribution in [2.24, 2.45) is 0 Å². The van der Waals surface area contributed by atoms with Gasteiger partial charge in [0.05, 0.1) is 0 Å². The summed E-state index contributed by atoms with van der Waals surface area (Å²) >= 11 is 0. The zero-order valence-electron chi connectivity index (χ0n) is 4.62. The molecule has 24 valence electrons. The second kappa shape index (κ2) is 5.65. The third-order valence-corrected chi connectivity index (χ3v) is 0.778. The molecule has 0 amide bonds. The highest BCUT2D eigenvalue weighted by atomic mass is 12.8. The maximum absolute atomic E-state index is 5.13. The highest BCUT2D eigenvalue weighted by Gasteiger charge is 2.03. The van der Waals surface area contributed by atoms with E-state index in [4.69, 9.17) is 23.2 Å². The molecule has 0 aromatic heterocycles. The van der Waals surface area contributed by atoms with E-state index in [-0.39, 0.29) is 6.39 Å². The van der Waals surface area contributed by atoms with Gasteiger partial charge in [-0.25, -0.2) is 0 Å². The van der Waals surface area contributed by atoms with E-state index in [1.807, 2.05) is 0 Å². The molecule has 0 N–H and O–H groups in total. The lowest BCUT2D eigenvalue weighted by Gasteiger charge is -2.03. The molecule has 0 saturated heterocycles. The minimum Gasteiger partial charge on any atom is 0 e. The zero-order chi connectivity index (χ0) is 6.41. The number of rotatable bonds is 4. The molecule has 10 radical (unpaired) electrons. The van der Waals surface area contributed by atoms with Gasteiger partial charge in [-0.15, -0.1) is 0 Å². The second-order valence-electron chi connectivity index (χ2n) is 1.35. The molecule has 0 aliphatic rings. The summed E-state index contributed by atoms with van der Waals surface area (Å²) in [7, 11) is 21.3. The van der Waals surface area contributed by atoms with Gasteiger partial charge in [-0.3, -0.25) is 0 Å². The van der Waals surface area contributed by atoms with Crippen LogP contribution in [0.1, 0.15) is 0 Å². The van der Waals surface area contributed by atoms with E-state index < -0.39 is 0 Å². The molecule has 0 unspecified atom stereocenters. The quantitative estimate of drug-likeness (QED) is 0.319. The Bertz CT molecular complexity index is 35.3. The molecule has 0 fully saturated rings. The van der Waals surface area contributed by atoms with E-state index in [0.717, 1.165) is 0 Å². The fourth-order valence-electron chi connectivity index (χ4n) is 0.321. The summed E-state index contributed by atoms with van der Waals surface area (Å²) in [6.45, 7) is 0. The van der Waals surface area contributed by atoms with Gasteiger partial charge in [-0.2, -0.15) is 0 Å². The van der Waals surface area contributed by atoms with Gasteiger partial charge < -0.3 is 0 Å². The van der Waals surface area contributed by atoms with Crippen LogP contribution in [0, 0.1) is 0 Å². The van der Waals surface area contributed by atoms with Gasteiger partial charge in [0.1, 0.15) is 0 Å². The van der Waals surface area contributed by atoms with Crippen molar-refractivity contribution >= 4 is 57.8 Å². The Kier molecular flexibility index (Phi) is 6.02. The first kappa shape index (κ1) is 8.52. The average molecular weight is 86.5 g/mol. The van der Waals surface area contributed by atoms with Crippen molar-refractivity contribution in [3.8, 4) is 0 Å². The predicted molar refractivity (Wildman–Crippen MR) is 46.0 cm³/mol. The van der Waals surface area contributed by atoms with Gasteiger partial charge in [-0.1, -0.05) is 0 Å². The van der Waals surface area contributed by atoms with Crippen LogP contribution in [0.15, 0.2) is 0 Å². The smallest absolute Gasteiger partial charge is 0 e. The monoisotopic (exact) mass is 88.1 g/mol. The Hall–Kier alpha value is 0.519. The van der Waals surface area contributed by atoms with E-state index in [1.54, 1.807) is 7.06 Å². The van der Waals surface area contributed by atoms with Crippen molar-refractivity contribution in [3.63, 3.8) is 0 Å². The first-order valence-corrected chi connectivity index (χ1v) is 2.33. The molecule has 0 spiro atoms. The van der Waals surface area contributed by atoms with Crippen molar-refractivity contribution in [2.75, 3.05) is 0 Å². The van der Waals surface area contributed by atoms with E-state index >= 15 is 0 Å². The second-order valence-corrected chi connectivity index (χ2v) is 1.35. The summed E-state index contributed by atoms with van der Waals surface area (Å²) in [6.07, 6.45) is -0.000000000000000222. The fraction of sp³-hybridized carbons (Fsp3) is 0. The fourth-order valence-corrected chi connectivity index (χ4v) is 0.321. The van der Waals surface area contributed by atoms with Gasteiger partial charge in [0.15, 0.2) is 0 Å². The van der Waals surface area contributed by atoms with Crippen molar-refractivity contribution in [1.29, 1.82) is 0 Å². The summed E-state index contributed by atoms with van der Waals surface area (Å²) in [5.74, 6) is 0. The van der Waals surface area contributed by atoms with Crippen LogP contribution in [0.4, 0.5) is 0 Å². The van der Waals surface area contributed by atoms with Crippen LogP contribution in [-0.2, 0) is 0 Å². The van der Waals surface area contributed by atoms with Crippen LogP contribution >= 0.6 is 0 Å². The van der Waals surface area contributed by atoms with Crippen molar-refractivity contribution in [2.45, 2.75) is 0 Å². The van der Waals surface area contributed by atoms with Crippen LogP contribution in [0.5, 0.6) is 0 Å². The van der Waals surface area contributed by atoms with Crippen LogP contribution in [0.3, 0.4) is 0 Å². The standard InChI is InChI=1S/B8/c1-4-7-8(5-2)6-3. The third kappa shape index (κ3) is 3.51. The Labute approximate surface area is 58.5 Å². The van der Waals surface area contributed by atoms with Gasteiger partial charge in [0, 0.05) is 57.8 Å². The van der Waals surface area contributed by atoms with Gasteiger partial charge >= 0.3 is 0 Å². The van der Waals surface area contributed by atoms with Gasteiger partial charge in [0.2, 0.25) is 0 Å². The van der Waals surface area contributed by atoms with Gasteiger partial charge in [0.25, 0.3) is 0 Å². The molecular formula is B8. The highest BCUT2D eigenvalue weighted by molar-refractivity contribution is 7.79. The summed E-state index contributed by atoms with van der Waals surface area (Å²) in [5.41, 5.74) is 0. The van der Waals surface area contributed by atoms with Crippen LogP contribution in [-0.4, -0.2) is 57.8 Å². The normalized spacial score (nSPS) is 7.00. The molecule has 0 nitrogen and oxygen atoms in total. The number of hydrogen-bond donors (Lipinski definition) is 0. The zero-order valence-corrected chi connectivity index (χ0v) is 4.62. The minimum absolute atomic E-state index is 0.000000000000000222. The van der Waals surface area contributed by atoms with Crippen LogP contribution in [0.2, 0.25) is 0 Å². The Morgan fingerprint density at radius 1 is 1.00 bits per heavy atom. The Balaban J connectivity index is 3.07. The largest absolute Gasteiger partial charge is 0 e. The molecular weight excluding hydrogens is 86.5 g/mol. The van der Waals surface area contributed by atoms with Crippen molar-refractivity contribution in [1.82, 2.24) is 0 Å². The van der Waals surface area contributed by atoms with Crippen LogP contribution in [0.25, 0.3) is 0 Å². The molecule has 0 aliphatic carbocycles. The molecule has 0 aliphatic heterocycles. The molecule has 8 heteroatoms. The minimum atomic E-state index is -0.000000000000000222. The van der Waals surface area contributed by atoms with Crippen molar-refractivity contribution < 1.29 is 0 Å². The van der Waals surface area contributed by atoms with Gasteiger partial charge in [-0.05, 0) is 0 Å². The SMILES string of the molecule is [B][B][B]B([B][B])[B][B]. The molecule has 0 heterocycles. The molecule has 0 aromatic carbocycles. The summed E-state index contributed by atoms with van der Waals surface area (Å²) < 4.78 is 0.